The average molecular weight is 359 g/mol. The molecular formula is C21H34N4O. The van der Waals surface area contributed by atoms with Crippen molar-refractivity contribution in [1.82, 2.24) is 15.5 Å². The molecule has 2 saturated carbocycles. The Morgan fingerprint density at radius 3 is 2.69 bits per heavy atom. The summed E-state index contributed by atoms with van der Waals surface area (Å²) in [7, 11) is 1.73. The summed E-state index contributed by atoms with van der Waals surface area (Å²) >= 11 is 0. The van der Waals surface area contributed by atoms with Crippen LogP contribution in [-0.4, -0.2) is 56.7 Å². The Hall–Kier alpha value is -1.75. The molecule has 3 rings (SSSR count). The van der Waals surface area contributed by atoms with Crippen LogP contribution in [0.15, 0.2) is 29.3 Å². The Bertz CT molecular complexity index is 581. The van der Waals surface area contributed by atoms with Crippen molar-refractivity contribution in [2.75, 3.05) is 39.8 Å². The summed E-state index contributed by atoms with van der Waals surface area (Å²) in [6.45, 7) is 7.09. The molecule has 0 amide bonds. The summed E-state index contributed by atoms with van der Waals surface area (Å²) < 4.78 is 5.43. The van der Waals surface area contributed by atoms with E-state index in [-0.39, 0.29) is 0 Å². The van der Waals surface area contributed by atoms with E-state index in [4.69, 9.17) is 9.73 Å². The summed E-state index contributed by atoms with van der Waals surface area (Å²) in [4.78, 5) is 7.45. The van der Waals surface area contributed by atoms with Crippen molar-refractivity contribution in [3.63, 3.8) is 0 Å². The third-order valence-corrected chi connectivity index (χ3v) is 5.13. The summed E-state index contributed by atoms with van der Waals surface area (Å²) in [5.74, 6) is 2.84. The lowest BCUT2D eigenvalue weighted by molar-refractivity contribution is 0.260. The second-order valence-electron chi connectivity index (χ2n) is 7.42. The molecule has 0 aromatic heterocycles. The monoisotopic (exact) mass is 358 g/mol. The standard InChI is InChI=1S/C21H34N4O/c1-3-22-21(23-13-12-18-6-4-5-7-20(18)26-2)24-14-15-25(19-10-11-19)16-17-8-9-17/h4-7,17,19H,3,8-16H2,1-2H3,(H2,22,23,24). The first-order chi connectivity index (χ1) is 12.8. The third-order valence-electron chi connectivity index (χ3n) is 5.13. The van der Waals surface area contributed by atoms with Gasteiger partial charge in [-0.2, -0.15) is 0 Å². The van der Waals surface area contributed by atoms with Crippen LogP contribution in [0.1, 0.15) is 38.2 Å². The second kappa shape index (κ2) is 9.81. The predicted octanol–water partition coefficient (Wildman–Crippen LogP) is 2.67. The number of hydrogen-bond donors (Lipinski definition) is 2. The van der Waals surface area contributed by atoms with Gasteiger partial charge in [0.15, 0.2) is 5.96 Å². The minimum Gasteiger partial charge on any atom is -0.496 e. The van der Waals surface area contributed by atoms with Crippen molar-refractivity contribution in [3.05, 3.63) is 29.8 Å². The van der Waals surface area contributed by atoms with E-state index < -0.39 is 0 Å². The van der Waals surface area contributed by atoms with Crippen molar-refractivity contribution < 1.29 is 4.74 Å². The number of ether oxygens (including phenoxy) is 1. The smallest absolute Gasteiger partial charge is 0.191 e. The van der Waals surface area contributed by atoms with Gasteiger partial charge in [0.1, 0.15) is 5.75 Å². The van der Waals surface area contributed by atoms with Gasteiger partial charge in [-0.1, -0.05) is 18.2 Å². The highest BCUT2D eigenvalue weighted by Gasteiger charge is 2.33. The first-order valence-corrected chi connectivity index (χ1v) is 10.2. The van der Waals surface area contributed by atoms with Gasteiger partial charge in [-0.3, -0.25) is 9.89 Å². The van der Waals surface area contributed by atoms with Crippen LogP contribution in [-0.2, 0) is 6.42 Å². The van der Waals surface area contributed by atoms with E-state index in [2.05, 4.69) is 34.6 Å². The number of methoxy groups -OCH3 is 1. The molecule has 26 heavy (non-hydrogen) atoms. The summed E-state index contributed by atoms with van der Waals surface area (Å²) in [5.41, 5.74) is 1.22. The van der Waals surface area contributed by atoms with E-state index in [0.29, 0.717) is 0 Å². The fraction of sp³-hybridized carbons (Fsp3) is 0.667. The number of benzene rings is 1. The maximum atomic E-state index is 5.43. The molecule has 0 atom stereocenters. The fourth-order valence-corrected chi connectivity index (χ4v) is 3.35. The van der Waals surface area contributed by atoms with Crippen LogP contribution in [0.5, 0.6) is 5.75 Å². The Labute approximate surface area is 158 Å². The summed E-state index contributed by atoms with van der Waals surface area (Å²) in [6, 6.07) is 9.04. The van der Waals surface area contributed by atoms with E-state index in [1.165, 1.54) is 37.8 Å². The van der Waals surface area contributed by atoms with Gasteiger partial charge in [0.2, 0.25) is 0 Å². The first-order valence-electron chi connectivity index (χ1n) is 10.2. The number of rotatable bonds is 11. The van der Waals surface area contributed by atoms with E-state index in [0.717, 1.165) is 56.3 Å². The zero-order chi connectivity index (χ0) is 18.2. The zero-order valence-electron chi connectivity index (χ0n) is 16.3. The molecule has 0 spiro atoms. The highest BCUT2D eigenvalue weighted by Crippen LogP contribution is 2.34. The van der Waals surface area contributed by atoms with E-state index in [1.807, 2.05) is 12.1 Å². The lowest BCUT2D eigenvalue weighted by Gasteiger charge is -2.21. The van der Waals surface area contributed by atoms with Crippen molar-refractivity contribution >= 4 is 5.96 Å². The number of nitrogens with zero attached hydrogens (tertiary/aromatic N) is 2. The van der Waals surface area contributed by atoms with Crippen LogP contribution < -0.4 is 15.4 Å². The molecule has 0 unspecified atom stereocenters. The van der Waals surface area contributed by atoms with E-state index in [1.54, 1.807) is 7.11 Å². The molecular weight excluding hydrogens is 324 g/mol. The first kappa shape index (κ1) is 19.0. The van der Waals surface area contributed by atoms with Crippen LogP contribution in [0, 0.1) is 5.92 Å². The van der Waals surface area contributed by atoms with Gasteiger partial charge in [0.25, 0.3) is 0 Å². The molecule has 0 heterocycles. The maximum absolute atomic E-state index is 5.43. The third kappa shape index (κ3) is 6.20. The number of guanidine groups is 1. The molecule has 2 N–H and O–H groups in total. The lowest BCUT2D eigenvalue weighted by Crippen LogP contribution is -2.39. The number of hydrogen-bond acceptors (Lipinski definition) is 3. The van der Waals surface area contributed by atoms with Crippen LogP contribution >= 0.6 is 0 Å². The molecule has 1 aromatic rings. The highest BCUT2D eigenvalue weighted by molar-refractivity contribution is 5.79. The summed E-state index contributed by atoms with van der Waals surface area (Å²) in [6.07, 6.45) is 6.55. The van der Waals surface area contributed by atoms with Crippen LogP contribution in [0.25, 0.3) is 0 Å². The van der Waals surface area contributed by atoms with Gasteiger partial charge in [-0.05, 0) is 56.6 Å². The molecule has 0 radical (unpaired) electrons. The average Bonchev–Trinajstić information content (AvgIpc) is 3.55. The van der Waals surface area contributed by atoms with Crippen molar-refractivity contribution in [3.8, 4) is 5.75 Å². The van der Waals surface area contributed by atoms with Crippen molar-refractivity contribution in [1.29, 1.82) is 0 Å². The van der Waals surface area contributed by atoms with Gasteiger partial charge in [0.05, 0.1) is 13.7 Å². The molecule has 144 valence electrons. The maximum Gasteiger partial charge on any atom is 0.191 e. The second-order valence-corrected chi connectivity index (χ2v) is 7.42. The normalized spacial score (nSPS) is 17.4. The van der Waals surface area contributed by atoms with E-state index in [9.17, 15) is 0 Å². The largest absolute Gasteiger partial charge is 0.496 e. The molecule has 1 aromatic carbocycles. The summed E-state index contributed by atoms with van der Waals surface area (Å²) in [5, 5.41) is 6.82. The highest BCUT2D eigenvalue weighted by atomic mass is 16.5. The number of para-hydroxylation sites is 1. The molecule has 2 aliphatic carbocycles. The minimum atomic E-state index is 0.840. The molecule has 5 heteroatoms. The Kier molecular flexibility index (Phi) is 7.18. The van der Waals surface area contributed by atoms with Gasteiger partial charge in [0, 0.05) is 32.2 Å². The fourth-order valence-electron chi connectivity index (χ4n) is 3.35. The van der Waals surface area contributed by atoms with Crippen LogP contribution in [0.3, 0.4) is 0 Å². The molecule has 0 saturated heterocycles. The molecule has 0 bridgehead atoms. The quantitative estimate of drug-likeness (QED) is 0.472. The van der Waals surface area contributed by atoms with Gasteiger partial charge in [-0.15, -0.1) is 0 Å². The lowest BCUT2D eigenvalue weighted by atomic mass is 10.1. The Morgan fingerprint density at radius 2 is 2.00 bits per heavy atom. The zero-order valence-corrected chi connectivity index (χ0v) is 16.3. The topological polar surface area (TPSA) is 48.9 Å². The Balaban J connectivity index is 1.44. The van der Waals surface area contributed by atoms with Gasteiger partial charge < -0.3 is 15.4 Å². The minimum absolute atomic E-state index is 0.840. The van der Waals surface area contributed by atoms with E-state index >= 15 is 0 Å². The molecule has 2 aliphatic rings. The van der Waals surface area contributed by atoms with Crippen molar-refractivity contribution in [2.24, 2.45) is 10.9 Å². The predicted molar refractivity (Wildman–Crippen MR) is 108 cm³/mol. The van der Waals surface area contributed by atoms with Crippen LogP contribution in [0.2, 0.25) is 0 Å². The number of aliphatic imine (C=N–C) groups is 1. The molecule has 5 nitrogen and oxygen atoms in total. The van der Waals surface area contributed by atoms with Crippen LogP contribution in [0.4, 0.5) is 0 Å². The Morgan fingerprint density at radius 1 is 1.19 bits per heavy atom. The SMILES string of the molecule is CCNC(=NCCN(CC1CC1)C1CC1)NCCc1ccccc1OC. The molecule has 0 aliphatic heterocycles. The van der Waals surface area contributed by atoms with Gasteiger partial charge in [-0.25, -0.2) is 0 Å². The van der Waals surface area contributed by atoms with Gasteiger partial charge >= 0.3 is 0 Å². The molecule has 2 fully saturated rings. The number of nitrogens with one attached hydrogen (secondary N) is 2. The van der Waals surface area contributed by atoms with Crippen molar-refractivity contribution in [2.45, 2.75) is 45.1 Å².